The number of aromatic amines is 1. The Morgan fingerprint density at radius 2 is 2.18 bits per heavy atom. The summed E-state index contributed by atoms with van der Waals surface area (Å²) in [6.07, 6.45) is 6.72. The largest absolute Gasteiger partial charge is 0.466 e. The van der Waals surface area contributed by atoms with E-state index in [0.29, 0.717) is 31.3 Å². The third-order valence-electron chi connectivity index (χ3n) is 5.05. The first kappa shape index (κ1) is 20.1. The first-order valence-corrected chi connectivity index (χ1v) is 10.0. The van der Waals surface area contributed by atoms with Gasteiger partial charge in [-0.1, -0.05) is 13.8 Å². The SMILES string of the molecule is CCOC(=O)CC1CCCCN1C(=O)c1cc(Cn2ccnc2C(C)C)[nH]n1. The van der Waals surface area contributed by atoms with Gasteiger partial charge in [0.05, 0.1) is 25.3 Å². The normalized spacial score (nSPS) is 17.1. The van der Waals surface area contributed by atoms with Crippen molar-refractivity contribution in [2.24, 2.45) is 0 Å². The van der Waals surface area contributed by atoms with Gasteiger partial charge in [0.1, 0.15) is 11.5 Å². The van der Waals surface area contributed by atoms with Crippen molar-refractivity contribution >= 4 is 11.9 Å². The highest BCUT2D eigenvalue weighted by Gasteiger charge is 2.30. The summed E-state index contributed by atoms with van der Waals surface area (Å²) in [4.78, 5) is 31.1. The molecule has 1 N–H and O–H groups in total. The molecule has 1 amide bonds. The standard InChI is InChI=1S/C20H29N5O3/c1-4-28-18(26)12-16-7-5-6-9-25(16)20(27)17-11-15(22-23-17)13-24-10-8-21-19(24)14(2)3/h8,10-11,14,16H,4-7,9,12-13H2,1-3H3,(H,22,23). The van der Waals surface area contributed by atoms with Gasteiger partial charge >= 0.3 is 5.97 Å². The zero-order valence-corrected chi connectivity index (χ0v) is 16.9. The molecule has 0 aromatic carbocycles. The van der Waals surface area contributed by atoms with Crippen LogP contribution in [-0.4, -0.2) is 55.7 Å². The van der Waals surface area contributed by atoms with E-state index in [0.717, 1.165) is 30.8 Å². The lowest BCUT2D eigenvalue weighted by atomic mass is 9.99. The summed E-state index contributed by atoms with van der Waals surface area (Å²) in [5.41, 5.74) is 1.24. The molecule has 3 rings (SSSR count). The van der Waals surface area contributed by atoms with Crippen LogP contribution in [0.4, 0.5) is 0 Å². The fourth-order valence-corrected chi connectivity index (χ4v) is 3.73. The molecule has 1 saturated heterocycles. The van der Waals surface area contributed by atoms with Gasteiger partial charge in [-0.25, -0.2) is 4.98 Å². The van der Waals surface area contributed by atoms with Gasteiger partial charge < -0.3 is 14.2 Å². The molecule has 0 spiro atoms. The first-order chi connectivity index (χ1) is 13.5. The Morgan fingerprint density at radius 3 is 2.93 bits per heavy atom. The summed E-state index contributed by atoms with van der Waals surface area (Å²) in [6.45, 7) is 7.57. The van der Waals surface area contributed by atoms with Crippen LogP contribution in [-0.2, 0) is 16.1 Å². The number of rotatable bonds is 7. The zero-order valence-electron chi connectivity index (χ0n) is 16.9. The number of esters is 1. The summed E-state index contributed by atoms with van der Waals surface area (Å²) in [7, 11) is 0. The number of likely N-dealkylation sites (tertiary alicyclic amines) is 1. The van der Waals surface area contributed by atoms with E-state index in [9.17, 15) is 9.59 Å². The van der Waals surface area contributed by atoms with Gasteiger partial charge in [-0.05, 0) is 32.3 Å². The lowest BCUT2D eigenvalue weighted by Crippen LogP contribution is -2.45. The highest BCUT2D eigenvalue weighted by atomic mass is 16.5. The van der Waals surface area contributed by atoms with E-state index < -0.39 is 0 Å². The molecule has 2 aromatic rings. The quantitative estimate of drug-likeness (QED) is 0.738. The molecule has 8 nitrogen and oxygen atoms in total. The molecule has 1 aliphatic rings. The van der Waals surface area contributed by atoms with E-state index in [1.807, 2.05) is 6.20 Å². The lowest BCUT2D eigenvalue weighted by molar-refractivity contribution is -0.144. The van der Waals surface area contributed by atoms with Gasteiger partial charge in [0.25, 0.3) is 5.91 Å². The minimum Gasteiger partial charge on any atom is -0.466 e. The molecule has 1 atom stereocenters. The van der Waals surface area contributed by atoms with Gasteiger partial charge in [-0.3, -0.25) is 14.7 Å². The number of carbonyl (C=O) groups excluding carboxylic acids is 2. The van der Waals surface area contributed by atoms with E-state index in [-0.39, 0.29) is 24.3 Å². The molecular formula is C20H29N5O3. The number of ether oxygens (including phenoxy) is 1. The fourth-order valence-electron chi connectivity index (χ4n) is 3.73. The molecule has 28 heavy (non-hydrogen) atoms. The number of piperidine rings is 1. The third kappa shape index (κ3) is 4.61. The molecule has 8 heteroatoms. The number of nitrogens with zero attached hydrogens (tertiary/aromatic N) is 4. The van der Waals surface area contributed by atoms with Crippen molar-refractivity contribution in [2.45, 2.75) is 65.0 Å². The Hall–Kier alpha value is -2.64. The Balaban J connectivity index is 1.69. The molecule has 0 saturated carbocycles. The van der Waals surface area contributed by atoms with Crippen molar-refractivity contribution in [3.05, 3.63) is 35.7 Å². The van der Waals surface area contributed by atoms with E-state index in [1.54, 1.807) is 24.1 Å². The maximum Gasteiger partial charge on any atom is 0.307 e. The summed E-state index contributed by atoms with van der Waals surface area (Å²) in [6, 6.07) is 1.67. The first-order valence-electron chi connectivity index (χ1n) is 10.0. The van der Waals surface area contributed by atoms with Gasteiger partial charge in [-0.2, -0.15) is 5.10 Å². The maximum atomic E-state index is 13.0. The Labute approximate surface area is 165 Å². The van der Waals surface area contributed by atoms with Crippen molar-refractivity contribution < 1.29 is 14.3 Å². The number of carbonyl (C=O) groups is 2. The van der Waals surface area contributed by atoms with Gasteiger partial charge in [0.2, 0.25) is 0 Å². The molecule has 2 aromatic heterocycles. The van der Waals surface area contributed by atoms with Crippen LogP contribution >= 0.6 is 0 Å². The van der Waals surface area contributed by atoms with E-state index in [2.05, 4.69) is 33.6 Å². The van der Waals surface area contributed by atoms with Crippen molar-refractivity contribution in [3.8, 4) is 0 Å². The van der Waals surface area contributed by atoms with Crippen LogP contribution in [0.25, 0.3) is 0 Å². The van der Waals surface area contributed by atoms with Crippen molar-refractivity contribution in [1.29, 1.82) is 0 Å². The lowest BCUT2D eigenvalue weighted by Gasteiger charge is -2.34. The number of imidazole rings is 1. The second-order valence-corrected chi connectivity index (χ2v) is 7.50. The number of amides is 1. The topological polar surface area (TPSA) is 93.1 Å². The molecule has 0 aliphatic carbocycles. The predicted octanol–water partition coefficient (Wildman–Crippen LogP) is 2.73. The summed E-state index contributed by atoms with van der Waals surface area (Å²) < 4.78 is 7.12. The van der Waals surface area contributed by atoms with E-state index >= 15 is 0 Å². The van der Waals surface area contributed by atoms with Crippen LogP contribution in [0.5, 0.6) is 0 Å². The number of hydrogen-bond acceptors (Lipinski definition) is 5. The Bertz CT molecular complexity index is 810. The van der Waals surface area contributed by atoms with Crippen LogP contribution in [0.15, 0.2) is 18.5 Å². The second-order valence-electron chi connectivity index (χ2n) is 7.50. The summed E-state index contributed by atoms with van der Waals surface area (Å²) in [5.74, 6) is 0.923. The van der Waals surface area contributed by atoms with Crippen molar-refractivity contribution in [3.63, 3.8) is 0 Å². The van der Waals surface area contributed by atoms with Crippen molar-refractivity contribution in [1.82, 2.24) is 24.6 Å². The van der Waals surface area contributed by atoms with Crippen LogP contribution in [0.2, 0.25) is 0 Å². The molecule has 0 radical (unpaired) electrons. The highest BCUT2D eigenvalue weighted by Crippen LogP contribution is 2.22. The molecule has 3 heterocycles. The van der Waals surface area contributed by atoms with Gasteiger partial charge in [-0.15, -0.1) is 0 Å². The molecule has 1 unspecified atom stereocenters. The average Bonchev–Trinajstić information content (AvgIpc) is 3.32. The smallest absolute Gasteiger partial charge is 0.307 e. The second kappa shape index (κ2) is 9.03. The van der Waals surface area contributed by atoms with Gasteiger partial charge in [0, 0.05) is 30.9 Å². The summed E-state index contributed by atoms with van der Waals surface area (Å²) >= 11 is 0. The maximum absolute atomic E-state index is 13.0. The average molecular weight is 387 g/mol. The third-order valence-corrected chi connectivity index (χ3v) is 5.05. The number of hydrogen-bond donors (Lipinski definition) is 1. The Morgan fingerprint density at radius 1 is 1.36 bits per heavy atom. The minimum absolute atomic E-state index is 0.123. The van der Waals surface area contributed by atoms with Crippen LogP contribution < -0.4 is 0 Å². The Kier molecular flexibility index (Phi) is 6.49. The van der Waals surface area contributed by atoms with E-state index in [4.69, 9.17) is 4.74 Å². The van der Waals surface area contributed by atoms with E-state index in [1.165, 1.54) is 0 Å². The highest BCUT2D eigenvalue weighted by molar-refractivity contribution is 5.93. The molecule has 0 bridgehead atoms. The fraction of sp³-hybridized carbons (Fsp3) is 0.600. The summed E-state index contributed by atoms with van der Waals surface area (Å²) in [5, 5.41) is 7.20. The molecule has 152 valence electrons. The predicted molar refractivity (Wildman–Crippen MR) is 104 cm³/mol. The van der Waals surface area contributed by atoms with Crippen molar-refractivity contribution in [2.75, 3.05) is 13.2 Å². The monoisotopic (exact) mass is 387 g/mol. The van der Waals surface area contributed by atoms with Crippen LogP contribution in [0.3, 0.4) is 0 Å². The van der Waals surface area contributed by atoms with Gasteiger partial charge in [0.15, 0.2) is 0 Å². The zero-order chi connectivity index (χ0) is 20.1. The number of aromatic nitrogens is 4. The van der Waals surface area contributed by atoms with Crippen LogP contribution in [0.1, 0.15) is 74.4 Å². The number of H-pyrrole nitrogens is 1. The molecule has 1 aliphatic heterocycles. The van der Waals surface area contributed by atoms with Crippen LogP contribution in [0, 0.1) is 0 Å². The molecule has 1 fully saturated rings. The number of nitrogens with one attached hydrogen (secondary N) is 1. The molecular weight excluding hydrogens is 358 g/mol. The minimum atomic E-state index is -0.253.